The van der Waals surface area contributed by atoms with Crippen LogP contribution in [0.2, 0.25) is 0 Å². The highest BCUT2D eigenvalue weighted by Gasteiger charge is 2.33. The van der Waals surface area contributed by atoms with Gasteiger partial charge in [0.15, 0.2) is 0 Å². The van der Waals surface area contributed by atoms with Crippen molar-refractivity contribution in [2.24, 2.45) is 16.5 Å². The van der Waals surface area contributed by atoms with Crippen LogP contribution in [0.3, 0.4) is 0 Å². The Kier molecular flexibility index (Phi) is 1.75. The Balaban J connectivity index is 2.43. The van der Waals surface area contributed by atoms with Crippen molar-refractivity contribution < 1.29 is 4.79 Å². The van der Waals surface area contributed by atoms with E-state index >= 15 is 0 Å². The van der Waals surface area contributed by atoms with E-state index in [0.717, 1.165) is 11.3 Å². The molecule has 1 aromatic carbocycles. The van der Waals surface area contributed by atoms with Crippen LogP contribution < -0.4 is 16.8 Å². The molecule has 1 aliphatic heterocycles. The van der Waals surface area contributed by atoms with Crippen molar-refractivity contribution in [1.82, 2.24) is 0 Å². The Labute approximate surface area is 80.8 Å². The normalized spacial score (nSPS) is 23.8. The van der Waals surface area contributed by atoms with E-state index in [1.54, 1.807) is 0 Å². The predicted molar refractivity (Wildman–Crippen MR) is 53.8 cm³/mol. The summed E-state index contributed by atoms with van der Waals surface area (Å²) in [5.74, 6) is -2.22. The largest absolute Gasteiger partial charge is 0.365 e. The maximum Gasteiger partial charge on any atom is 0.281 e. The van der Waals surface area contributed by atoms with E-state index in [1.807, 2.05) is 24.3 Å². The Bertz CT molecular complexity index is 415. The second-order valence-electron chi connectivity index (χ2n) is 3.10. The van der Waals surface area contributed by atoms with E-state index in [1.165, 1.54) is 6.21 Å². The van der Waals surface area contributed by atoms with Gasteiger partial charge in [0.1, 0.15) is 0 Å². The quantitative estimate of drug-likeness (QED) is 0.564. The summed E-state index contributed by atoms with van der Waals surface area (Å²) < 4.78 is 0. The molecule has 0 saturated carbocycles. The van der Waals surface area contributed by atoms with Crippen LogP contribution in [0.4, 0.5) is 5.69 Å². The third-order valence-electron chi connectivity index (χ3n) is 2.07. The van der Waals surface area contributed by atoms with Gasteiger partial charge in [-0.1, -0.05) is 18.2 Å². The van der Waals surface area contributed by atoms with Crippen LogP contribution in [0.15, 0.2) is 29.3 Å². The highest BCUT2D eigenvalue weighted by Crippen LogP contribution is 2.21. The zero-order valence-corrected chi connectivity index (χ0v) is 7.40. The smallest absolute Gasteiger partial charge is 0.281 e. The lowest BCUT2D eigenvalue weighted by atomic mass is 10.1. The molecule has 0 aromatic heterocycles. The van der Waals surface area contributed by atoms with Gasteiger partial charge in [-0.25, -0.2) is 4.99 Å². The summed E-state index contributed by atoms with van der Waals surface area (Å²) in [6.45, 7) is 0. The molecule has 0 saturated heterocycles. The first-order chi connectivity index (χ1) is 6.62. The van der Waals surface area contributed by atoms with Crippen LogP contribution >= 0.6 is 0 Å². The van der Waals surface area contributed by atoms with Gasteiger partial charge >= 0.3 is 0 Å². The van der Waals surface area contributed by atoms with E-state index < -0.39 is 11.7 Å². The van der Waals surface area contributed by atoms with E-state index in [0.29, 0.717) is 0 Å². The molecule has 2 rings (SSSR count). The zero-order chi connectivity index (χ0) is 10.2. The number of rotatable bonds is 1. The zero-order valence-electron chi connectivity index (χ0n) is 7.40. The van der Waals surface area contributed by atoms with E-state index in [9.17, 15) is 4.79 Å². The van der Waals surface area contributed by atoms with Crippen molar-refractivity contribution in [3.05, 3.63) is 29.8 Å². The van der Waals surface area contributed by atoms with Crippen molar-refractivity contribution in [3.8, 4) is 0 Å². The topological polar surface area (TPSA) is 93.5 Å². The molecule has 72 valence electrons. The number of aliphatic imine (C=N–C) groups is 1. The second kappa shape index (κ2) is 2.81. The molecular weight excluding hydrogens is 180 g/mol. The number of hydrogen-bond donors (Lipinski definition) is 3. The minimum absolute atomic E-state index is 0.705. The molecule has 1 aromatic rings. The molecule has 5 heteroatoms. The summed E-state index contributed by atoms with van der Waals surface area (Å²) in [7, 11) is 0. The minimum Gasteiger partial charge on any atom is -0.365 e. The monoisotopic (exact) mass is 190 g/mol. The molecular formula is C9H10N4O. The third-order valence-corrected chi connectivity index (χ3v) is 2.07. The maximum atomic E-state index is 11.0. The average Bonchev–Trinajstić information content (AvgIpc) is 2.17. The number of carbonyl (C=O) groups is 1. The van der Waals surface area contributed by atoms with Crippen LogP contribution in [0, 0.1) is 0 Å². The Morgan fingerprint density at radius 3 is 2.86 bits per heavy atom. The number of primary amides is 1. The van der Waals surface area contributed by atoms with Gasteiger partial charge in [0.25, 0.3) is 11.7 Å². The number of nitrogens with zero attached hydrogens (tertiary/aromatic N) is 1. The molecule has 1 aliphatic rings. The summed E-state index contributed by atoms with van der Waals surface area (Å²) in [5, 5.41) is 2.78. The van der Waals surface area contributed by atoms with Gasteiger partial charge in [0, 0.05) is 17.5 Å². The molecule has 14 heavy (non-hydrogen) atoms. The first-order valence-electron chi connectivity index (χ1n) is 4.13. The average molecular weight is 190 g/mol. The van der Waals surface area contributed by atoms with Crippen molar-refractivity contribution in [3.63, 3.8) is 0 Å². The fraction of sp³-hybridized carbons (Fsp3) is 0.111. The number of fused-ring (bicyclic) bond motifs is 1. The van der Waals surface area contributed by atoms with E-state index in [2.05, 4.69) is 10.3 Å². The highest BCUT2D eigenvalue weighted by molar-refractivity contribution is 5.97. The van der Waals surface area contributed by atoms with Crippen LogP contribution in [-0.4, -0.2) is 17.9 Å². The van der Waals surface area contributed by atoms with Gasteiger partial charge in [-0.2, -0.15) is 0 Å². The molecule has 5 nitrogen and oxygen atoms in total. The number of nitrogens with one attached hydrogen (secondary N) is 1. The van der Waals surface area contributed by atoms with Crippen LogP contribution in [0.5, 0.6) is 0 Å². The Morgan fingerprint density at radius 1 is 1.43 bits per heavy atom. The van der Waals surface area contributed by atoms with Gasteiger partial charge in [-0.3, -0.25) is 10.5 Å². The molecule has 1 unspecified atom stereocenters. The molecule has 0 radical (unpaired) electrons. The number of anilines is 1. The number of hydrogen-bond acceptors (Lipinski definition) is 4. The molecule has 1 amide bonds. The van der Waals surface area contributed by atoms with E-state index in [-0.39, 0.29) is 0 Å². The van der Waals surface area contributed by atoms with Gasteiger partial charge in [-0.15, -0.1) is 0 Å². The fourth-order valence-electron chi connectivity index (χ4n) is 1.26. The Hall–Kier alpha value is -1.88. The number of carbonyl (C=O) groups excluding carboxylic acids is 1. The molecule has 0 bridgehead atoms. The van der Waals surface area contributed by atoms with Crippen LogP contribution in [0.25, 0.3) is 0 Å². The summed E-state index contributed by atoms with van der Waals surface area (Å²) in [4.78, 5) is 14.9. The molecule has 1 heterocycles. The summed E-state index contributed by atoms with van der Waals surface area (Å²) in [6, 6.07) is 7.39. The minimum atomic E-state index is -1.52. The van der Waals surface area contributed by atoms with Crippen LogP contribution in [0.1, 0.15) is 5.56 Å². The van der Waals surface area contributed by atoms with Gasteiger partial charge < -0.3 is 11.1 Å². The first kappa shape index (κ1) is 8.71. The van der Waals surface area contributed by atoms with Gasteiger partial charge in [0.2, 0.25) is 0 Å². The lowest BCUT2D eigenvalue weighted by Crippen LogP contribution is -2.57. The van der Waals surface area contributed by atoms with Crippen molar-refractivity contribution >= 4 is 17.8 Å². The van der Waals surface area contributed by atoms with Crippen LogP contribution in [-0.2, 0) is 4.79 Å². The van der Waals surface area contributed by atoms with E-state index in [4.69, 9.17) is 11.5 Å². The SMILES string of the molecule is NC(=O)C1(N)N=Cc2ccccc2N1. The third kappa shape index (κ3) is 1.23. The lowest BCUT2D eigenvalue weighted by molar-refractivity contribution is -0.121. The predicted octanol–water partition coefficient (Wildman–Crippen LogP) is -0.371. The molecule has 0 aliphatic carbocycles. The standard InChI is InChI=1S/C9H10N4O/c10-8(14)9(11)12-5-6-3-1-2-4-7(6)13-9/h1-5,13H,11H2,(H2,10,14). The molecule has 5 N–H and O–H groups in total. The maximum absolute atomic E-state index is 11.0. The molecule has 0 spiro atoms. The van der Waals surface area contributed by atoms with Crippen molar-refractivity contribution in [1.29, 1.82) is 0 Å². The number of amides is 1. The number of para-hydroxylation sites is 1. The fourth-order valence-corrected chi connectivity index (χ4v) is 1.26. The van der Waals surface area contributed by atoms with Crippen molar-refractivity contribution in [2.45, 2.75) is 5.79 Å². The number of nitrogens with two attached hydrogens (primary N) is 2. The van der Waals surface area contributed by atoms with Gasteiger partial charge in [0.05, 0.1) is 0 Å². The molecule has 0 fully saturated rings. The Morgan fingerprint density at radius 2 is 2.14 bits per heavy atom. The highest BCUT2D eigenvalue weighted by atomic mass is 16.2. The molecule has 1 atom stereocenters. The summed E-state index contributed by atoms with van der Waals surface area (Å²) in [6.07, 6.45) is 1.54. The lowest BCUT2D eigenvalue weighted by Gasteiger charge is -2.27. The second-order valence-corrected chi connectivity index (χ2v) is 3.10. The summed E-state index contributed by atoms with van der Waals surface area (Å²) >= 11 is 0. The van der Waals surface area contributed by atoms with Crippen molar-refractivity contribution in [2.75, 3.05) is 5.32 Å². The number of benzene rings is 1. The first-order valence-corrected chi connectivity index (χ1v) is 4.13. The summed E-state index contributed by atoms with van der Waals surface area (Å²) in [5.41, 5.74) is 12.4. The van der Waals surface area contributed by atoms with Gasteiger partial charge in [-0.05, 0) is 6.07 Å².